The lowest BCUT2D eigenvalue weighted by Crippen LogP contribution is -2.00. The highest BCUT2D eigenvalue weighted by atomic mass is 14.1. The fourth-order valence-electron chi connectivity index (χ4n) is 1.53. The zero-order chi connectivity index (χ0) is 6.53. The van der Waals surface area contributed by atoms with Crippen LogP contribution in [0.3, 0.4) is 0 Å². The molecule has 1 atom stereocenters. The molecule has 0 unspecified atom stereocenters. The fourth-order valence-corrected chi connectivity index (χ4v) is 1.53. The molecule has 0 heteroatoms. The summed E-state index contributed by atoms with van der Waals surface area (Å²) >= 11 is 0. The summed E-state index contributed by atoms with van der Waals surface area (Å²) in [6.45, 7) is 2.28. The van der Waals surface area contributed by atoms with E-state index in [-0.39, 0.29) is 0 Å². The Morgan fingerprint density at radius 2 is 2.33 bits per heavy atom. The SMILES string of the molecule is CCC[C@@H]1CC=CCC1. The van der Waals surface area contributed by atoms with Gasteiger partial charge in [-0.3, -0.25) is 0 Å². The van der Waals surface area contributed by atoms with Crippen molar-refractivity contribution < 1.29 is 0 Å². The monoisotopic (exact) mass is 124 g/mol. The van der Waals surface area contributed by atoms with E-state index in [4.69, 9.17) is 0 Å². The third kappa shape index (κ3) is 2.21. The van der Waals surface area contributed by atoms with Crippen molar-refractivity contribution in [1.29, 1.82) is 0 Å². The quantitative estimate of drug-likeness (QED) is 0.496. The second-order valence-electron chi connectivity index (χ2n) is 2.94. The van der Waals surface area contributed by atoms with E-state index in [0.29, 0.717) is 0 Å². The van der Waals surface area contributed by atoms with Crippen molar-refractivity contribution in [1.82, 2.24) is 0 Å². The maximum atomic E-state index is 2.34. The Balaban J connectivity index is 2.18. The molecule has 1 aliphatic carbocycles. The molecule has 1 aliphatic rings. The summed E-state index contributed by atoms with van der Waals surface area (Å²) in [5.74, 6) is 1.01. The van der Waals surface area contributed by atoms with Crippen LogP contribution < -0.4 is 0 Å². The Kier molecular flexibility index (Phi) is 2.82. The second-order valence-corrected chi connectivity index (χ2v) is 2.94. The van der Waals surface area contributed by atoms with Crippen molar-refractivity contribution in [3.05, 3.63) is 12.2 Å². The average Bonchev–Trinajstić information content (AvgIpc) is 1.91. The van der Waals surface area contributed by atoms with E-state index in [1.54, 1.807) is 0 Å². The van der Waals surface area contributed by atoms with Crippen LogP contribution in [-0.2, 0) is 0 Å². The lowest BCUT2D eigenvalue weighted by Gasteiger charge is -2.15. The molecule has 0 saturated heterocycles. The fraction of sp³-hybridized carbons (Fsp3) is 0.778. The molecular formula is C9H16. The van der Waals surface area contributed by atoms with Gasteiger partial charge in [0.2, 0.25) is 0 Å². The molecule has 0 heterocycles. The molecule has 0 aromatic rings. The Labute approximate surface area is 58.0 Å². The van der Waals surface area contributed by atoms with Crippen LogP contribution in [0.4, 0.5) is 0 Å². The zero-order valence-electron chi connectivity index (χ0n) is 6.27. The molecule has 0 N–H and O–H groups in total. The van der Waals surface area contributed by atoms with Crippen molar-refractivity contribution >= 4 is 0 Å². The van der Waals surface area contributed by atoms with Crippen LogP contribution in [0.2, 0.25) is 0 Å². The number of rotatable bonds is 2. The molecule has 9 heavy (non-hydrogen) atoms. The van der Waals surface area contributed by atoms with Gasteiger partial charge >= 0.3 is 0 Å². The Morgan fingerprint density at radius 1 is 1.44 bits per heavy atom. The summed E-state index contributed by atoms with van der Waals surface area (Å²) in [6, 6.07) is 0. The highest BCUT2D eigenvalue weighted by Gasteiger charge is 2.06. The molecular weight excluding hydrogens is 108 g/mol. The molecule has 0 bridgehead atoms. The normalized spacial score (nSPS) is 26.6. The third-order valence-electron chi connectivity index (χ3n) is 2.07. The molecule has 52 valence electrons. The van der Waals surface area contributed by atoms with Gasteiger partial charge in [-0.2, -0.15) is 0 Å². The molecule has 0 radical (unpaired) electrons. The summed E-state index contributed by atoms with van der Waals surface area (Å²) < 4.78 is 0. The Hall–Kier alpha value is -0.260. The Bertz CT molecular complexity index is 92.2. The lowest BCUT2D eigenvalue weighted by atomic mass is 9.91. The highest BCUT2D eigenvalue weighted by molar-refractivity contribution is 4.89. The van der Waals surface area contributed by atoms with Crippen LogP contribution in [0.1, 0.15) is 39.0 Å². The van der Waals surface area contributed by atoms with Gasteiger partial charge in [-0.15, -0.1) is 0 Å². The van der Waals surface area contributed by atoms with Gasteiger partial charge in [0.25, 0.3) is 0 Å². The minimum absolute atomic E-state index is 1.01. The van der Waals surface area contributed by atoms with Crippen LogP contribution in [0.25, 0.3) is 0 Å². The number of hydrogen-bond donors (Lipinski definition) is 0. The van der Waals surface area contributed by atoms with Gasteiger partial charge in [-0.1, -0.05) is 31.9 Å². The van der Waals surface area contributed by atoms with E-state index in [1.807, 2.05) is 0 Å². The first-order valence-corrected chi connectivity index (χ1v) is 4.08. The topological polar surface area (TPSA) is 0 Å². The summed E-state index contributed by atoms with van der Waals surface area (Å²) in [7, 11) is 0. The molecule has 0 nitrogen and oxygen atoms in total. The average molecular weight is 124 g/mol. The van der Waals surface area contributed by atoms with Crippen molar-refractivity contribution in [3.8, 4) is 0 Å². The number of allylic oxidation sites excluding steroid dienone is 2. The van der Waals surface area contributed by atoms with Gasteiger partial charge in [0.1, 0.15) is 0 Å². The van der Waals surface area contributed by atoms with Crippen LogP contribution in [-0.4, -0.2) is 0 Å². The van der Waals surface area contributed by atoms with E-state index in [0.717, 1.165) is 5.92 Å². The van der Waals surface area contributed by atoms with E-state index in [2.05, 4.69) is 19.1 Å². The Morgan fingerprint density at radius 3 is 2.89 bits per heavy atom. The van der Waals surface area contributed by atoms with Crippen molar-refractivity contribution in [2.24, 2.45) is 5.92 Å². The molecule has 0 spiro atoms. The van der Waals surface area contributed by atoms with E-state index in [9.17, 15) is 0 Å². The van der Waals surface area contributed by atoms with Gasteiger partial charge in [0, 0.05) is 0 Å². The lowest BCUT2D eigenvalue weighted by molar-refractivity contribution is 0.441. The highest BCUT2D eigenvalue weighted by Crippen LogP contribution is 2.22. The van der Waals surface area contributed by atoms with E-state index < -0.39 is 0 Å². The molecule has 0 aromatic heterocycles. The summed E-state index contributed by atoms with van der Waals surface area (Å²) in [6.07, 6.45) is 11.5. The maximum Gasteiger partial charge on any atom is -0.0322 e. The van der Waals surface area contributed by atoms with Gasteiger partial charge in [0.05, 0.1) is 0 Å². The minimum Gasteiger partial charge on any atom is -0.0885 e. The number of hydrogen-bond acceptors (Lipinski definition) is 0. The largest absolute Gasteiger partial charge is 0.0885 e. The van der Waals surface area contributed by atoms with E-state index in [1.165, 1.54) is 32.1 Å². The summed E-state index contributed by atoms with van der Waals surface area (Å²) in [5.41, 5.74) is 0. The predicted octanol–water partition coefficient (Wildman–Crippen LogP) is 3.14. The van der Waals surface area contributed by atoms with Crippen LogP contribution >= 0.6 is 0 Å². The van der Waals surface area contributed by atoms with Gasteiger partial charge in [-0.25, -0.2) is 0 Å². The predicted molar refractivity (Wildman–Crippen MR) is 41.4 cm³/mol. The van der Waals surface area contributed by atoms with Crippen LogP contribution in [0.15, 0.2) is 12.2 Å². The first-order valence-electron chi connectivity index (χ1n) is 4.08. The molecule has 0 saturated carbocycles. The molecule has 0 fully saturated rings. The second kappa shape index (κ2) is 3.71. The molecule has 0 aliphatic heterocycles. The first-order chi connectivity index (χ1) is 4.43. The molecule has 0 aromatic carbocycles. The van der Waals surface area contributed by atoms with Crippen LogP contribution in [0, 0.1) is 5.92 Å². The van der Waals surface area contributed by atoms with Gasteiger partial charge in [-0.05, 0) is 25.2 Å². The summed E-state index contributed by atoms with van der Waals surface area (Å²) in [5, 5.41) is 0. The summed E-state index contributed by atoms with van der Waals surface area (Å²) in [4.78, 5) is 0. The van der Waals surface area contributed by atoms with Gasteiger partial charge in [0.15, 0.2) is 0 Å². The van der Waals surface area contributed by atoms with Crippen molar-refractivity contribution in [2.45, 2.75) is 39.0 Å². The van der Waals surface area contributed by atoms with Crippen molar-refractivity contribution in [3.63, 3.8) is 0 Å². The standard InChI is InChI=1S/C9H16/c1-2-6-9-7-4-3-5-8-9/h3-4,9H,2,5-8H2,1H3/t9-/m1/s1. The molecule has 1 rings (SSSR count). The third-order valence-corrected chi connectivity index (χ3v) is 2.07. The van der Waals surface area contributed by atoms with Gasteiger partial charge < -0.3 is 0 Å². The minimum atomic E-state index is 1.01. The van der Waals surface area contributed by atoms with Crippen molar-refractivity contribution in [2.75, 3.05) is 0 Å². The zero-order valence-corrected chi connectivity index (χ0v) is 6.27. The first kappa shape index (κ1) is 6.85. The van der Waals surface area contributed by atoms with E-state index >= 15 is 0 Å². The molecule has 0 amide bonds. The maximum absolute atomic E-state index is 2.34. The van der Waals surface area contributed by atoms with Crippen LogP contribution in [0.5, 0.6) is 0 Å². The smallest absolute Gasteiger partial charge is 0.0322 e.